The fraction of sp³-hybridized carbons (Fsp3) is 0.409. The van der Waals surface area contributed by atoms with E-state index < -0.39 is 0 Å². The van der Waals surface area contributed by atoms with Crippen LogP contribution in [0.3, 0.4) is 0 Å². The van der Waals surface area contributed by atoms with Gasteiger partial charge in [-0.25, -0.2) is 0 Å². The van der Waals surface area contributed by atoms with Gasteiger partial charge < -0.3 is 15.0 Å². The van der Waals surface area contributed by atoms with E-state index in [1.165, 1.54) is 15.3 Å². The Morgan fingerprint density at radius 2 is 2.07 bits per heavy atom. The molecule has 0 bridgehead atoms. The van der Waals surface area contributed by atoms with Gasteiger partial charge in [0.2, 0.25) is 0 Å². The number of rotatable bonds is 2. The number of benzene rings is 1. The van der Waals surface area contributed by atoms with Crippen molar-refractivity contribution in [2.24, 2.45) is 5.92 Å². The highest BCUT2D eigenvalue weighted by molar-refractivity contribution is 7.12. The predicted octanol–water partition coefficient (Wildman–Crippen LogP) is 4.36. The van der Waals surface area contributed by atoms with Crippen LogP contribution in [0.15, 0.2) is 42.5 Å². The summed E-state index contributed by atoms with van der Waals surface area (Å²) in [6, 6.07) is 10.9. The number of nitrogens with zero attached hydrogens (tertiary/aromatic N) is 1. The summed E-state index contributed by atoms with van der Waals surface area (Å²) in [7, 11) is 0. The first-order chi connectivity index (χ1) is 13.2. The minimum absolute atomic E-state index is 0.115. The zero-order valence-corrected chi connectivity index (χ0v) is 16.3. The third-order valence-corrected chi connectivity index (χ3v) is 7.08. The number of hydrogen-bond acceptors (Lipinski definition) is 4. The molecule has 1 fully saturated rings. The Kier molecular flexibility index (Phi) is 4.29. The SMILES string of the molecule is Cc1ccc(C2Nc3c(C(=O)N4CCOCC4)cccc3C3C=CCC32)s1. The van der Waals surface area contributed by atoms with Crippen molar-refractivity contribution in [2.45, 2.75) is 25.3 Å². The van der Waals surface area contributed by atoms with E-state index in [0.717, 1.165) is 17.7 Å². The summed E-state index contributed by atoms with van der Waals surface area (Å²) >= 11 is 1.86. The molecular weight excluding hydrogens is 356 g/mol. The van der Waals surface area contributed by atoms with Gasteiger partial charge in [-0.15, -0.1) is 11.3 Å². The molecule has 3 heterocycles. The van der Waals surface area contributed by atoms with Crippen LogP contribution < -0.4 is 5.32 Å². The first kappa shape index (κ1) is 17.0. The smallest absolute Gasteiger partial charge is 0.256 e. The molecule has 5 heteroatoms. The van der Waals surface area contributed by atoms with Gasteiger partial charge in [0.05, 0.1) is 30.5 Å². The van der Waals surface area contributed by atoms with E-state index in [0.29, 0.717) is 38.1 Å². The van der Waals surface area contributed by atoms with Crippen molar-refractivity contribution >= 4 is 22.9 Å². The van der Waals surface area contributed by atoms with Crippen LogP contribution in [0, 0.1) is 12.8 Å². The molecule has 0 saturated carbocycles. The molecule has 1 aromatic carbocycles. The molecule has 2 aromatic rings. The minimum Gasteiger partial charge on any atom is -0.378 e. The van der Waals surface area contributed by atoms with Crippen molar-refractivity contribution in [3.63, 3.8) is 0 Å². The van der Waals surface area contributed by atoms with Crippen molar-refractivity contribution in [3.05, 3.63) is 63.4 Å². The Bertz CT molecular complexity index is 897. The normalized spacial score (nSPS) is 26.4. The van der Waals surface area contributed by atoms with E-state index in [2.05, 4.69) is 42.6 Å². The number of aryl methyl sites for hydroxylation is 1. The quantitative estimate of drug-likeness (QED) is 0.788. The van der Waals surface area contributed by atoms with Crippen LogP contribution in [-0.2, 0) is 4.74 Å². The second-order valence-corrected chi connectivity index (χ2v) is 8.92. The molecule has 3 aliphatic rings. The number of anilines is 1. The zero-order chi connectivity index (χ0) is 18.4. The lowest BCUT2D eigenvalue weighted by Gasteiger charge is -2.38. The first-order valence-corrected chi connectivity index (χ1v) is 10.5. The molecule has 27 heavy (non-hydrogen) atoms. The van der Waals surface area contributed by atoms with Gasteiger partial charge in [-0.2, -0.15) is 0 Å². The fourth-order valence-corrected chi connectivity index (χ4v) is 5.64. The number of ether oxygens (including phenoxy) is 1. The number of hydrogen-bond donors (Lipinski definition) is 1. The van der Waals surface area contributed by atoms with Crippen LogP contribution in [0.2, 0.25) is 0 Å². The van der Waals surface area contributed by atoms with E-state index in [4.69, 9.17) is 4.74 Å². The van der Waals surface area contributed by atoms with Crippen molar-refractivity contribution in [1.29, 1.82) is 0 Å². The lowest BCUT2D eigenvalue weighted by Crippen LogP contribution is -2.41. The Morgan fingerprint density at radius 1 is 1.22 bits per heavy atom. The van der Waals surface area contributed by atoms with Crippen molar-refractivity contribution < 1.29 is 9.53 Å². The predicted molar refractivity (Wildman–Crippen MR) is 109 cm³/mol. The number of nitrogens with one attached hydrogen (secondary N) is 1. The summed E-state index contributed by atoms with van der Waals surface area (Å²) < 4.78 is 5.42. The van der Waals surface area contributed by atoms with E-state index in [9.17, 15) is 4.79 Å². The number of fused-ring (bicyclic) bond motifs is 3. The van der Waals surface area contributed by atoms with Gasteiger partial charge in [0.25, 0.3) is 5.91 Å². The fourth-order valence-electron chi connectivity index (χ4n) is 4.64. The van der Waals surface area contributed by atoms with Gasteiger partial charge in [-0.3, -0.25) is 4.79 Å². The highest BCUT2D eigenvalue weighted by Crippen LogP contribution is 2.51. The standard InChI is InChI=1S/C22H24N2O2S/c1-14-8-9-19(27-14)21-17-6-2-4-15(17)16-5-3-7-18(20(16)23-21)22(25)24-10-12-26-13-11-24/h2-5,7-9,15,17,21,23H,6,10-13H2,1H3. The van der Waals surface area contributed by atoms with Crippen molar-refractivity contribution in [1.82, 2.24) is 4.90 Å². The third-order valence-electron chi connectivity index (χ3n) is 5.99. The molecule has 1 N–H and O–H groups in total. The molecule has 1 saturated heterocycles. The first-order valence-electron chi connectivity index (χ1n) is 9.72. The molecule has 1 amide bonds. The summed E-state index contributed by atoms with van der Waals surface area (Å²) in [6.45, 7) is 4.74. The summed E-state index contributed by atoms with van der Waals surface area (Å²) in [5.41, 5.74) is 3.08. The molecule has 0 spiro atoms. The van der Waals surface area contributed by atoms with Crippen molar-refractivity contribution in [2.75, 3.05) is 31.6 Å². The van der Waals surface area contributed by atoms with Gasteiger partial charge in [0, 0.05) is 28.8 Å². The number of amides is 1. The van der Waals surface area contributed by atoms with Crippen molar-refractivity contribution in [3.8, 4) is 0 Å². The molecular formula is C22H24N2O2S. The molecule has 3 unspecified atom stereocenters. The average molecular weight is 381 g/mol. The summed E-state index contributed by atoms with van der Waals surface area (Å²) in [6.07, 6.45) is 5.72. The molecule has 4 nitrogen and oxygen atoms in total. The topological polar surface area (TPSA) is 41.6 Å². The Balaban J connectivity index is 1.55. The molecule has 140 valence electrons. The lowest BCUT2D eigenvalue weighted by atomic mass is 9.78. The second kappa shape index (κ2) is 6.80. The van der Waals surface area contributed by atoms with Crippen LogP contribution in [0.25, 0.3) is 0 Å². The second-order valence-electron chi connectivity index (χ2n) is 7.60. The Labute approximate surface area is 163 Å². The maximum Gasteiger partial charge on any atom is 0.256 e. The number of thiophene rings is 1. The van der Waals surface area contributed by atoms with Crippen LogP contribution in [0.1, 0.15) is 44.1 Å². The maximum absolute atomic E-state index is 13.2. The monoisotopic (exact) mass is 380 g/mol. The lowest BCUT2D eigenvalue weighted by molar-refractivity contribution is 0.0303. The largest absolute Gasteiger partial charge is 0.378 e. The van der Waals surface area contributed by atoms with Crippen LogP contribution in [0.4, 0.5) is 5.69 Å². The van der Waals surface area contributed by atoms with E-state index in [1.54, 1.807) is 0 Å². The zero-order valence-electron chi connectivity index (χ0n) is 15.5. The average Bonchev–Trinajstić information content (AvgIpc) is 3.36. The van der Waals surface area contributed by atoms with Crippen LogP contribution in [-0.4, -0.2) is 37.1 Å². The summed E-state index contributed by atoms with van der Waals surface area (Å²) in [5.74, 6) is 1.01. The molecule has 2 aliphatic heterocycles. The van der Waals surface area contributed by atoms with Gasteiger partial charge in [-0.05, 0) is 43.0 Å². The summed E-state index contributed by atoms with van der Waals surface area (Å²) in [5, 5.41) is 3.78. The highest BCUT2D eigenvalue weighted by atomic mass is 32.1. The third kappa shape index (κ3) is 2.89. The molecule has 1 aliphatic carbocycles. The molecule has 5 rings (SSSR count). The number of morpholine rings is 1. The number of para-hydroxylation sites is 1. The van der Waals surface area contributed by atoms with E-state index in [1.807, 2.05) is 28.4 Å². The van der Waals surface area contributed by atoms with Gasteiger partial charge in [0.1, 0.15) is 0 Å². The number of carbonyl (C=O) groups is 1. The van der Waals surface area contributed by atoms with Gasteiger partial charge in [0.15, 0.2) is 0 Å². The highest BCUT2D eigenvalue weighted by Gasteiger charge is 2.40. The maximum atomic E-state index is 13.2. The number of allylic oxidation sites excluding steroid dienone is 2. The molecule has 0 radical (unpaired) electrons. The minimum atomic E-state index is 0.115. The van der Waals surface area contributed by atoms with Gasteiger partial charge in [-0.1, -0.05) is 24.3 Å². The van der Waals surface area contributed by atoms with E-state index >= 15 is 0 Å². The number of carbonyl (C=O) groups excluding carboxylic acids is 1. The van der Waals surface area contributed by atoms with Crippen LogP contribution >= 0.6 is 11.3 Å². The van der Waals surface area contributed by atoms with E-state index in [-0.39, 0.29) is 11.9 Å². The Hall–Kier alpha value is -2.11. The summed E-state index contributed by atoms with van der Waals surface area (Å²) in [4.78, 5) is 17.8. The molecule has 1 aromatic heterocycles. The molecule has 3 atom stereocenters. The van der Waals surface area contributed by atoms with Gasteiger partial charge >= 0.3 is 0 Å². The van der Waals surface area contributed by atoms with Crippen LogP contribution in [0.5, 0.6) is 0 Å². The Morgan fingerprint density at radius 3 is 2.85 bits per heavy atom.